The van der Waals surface area contributed by atoms with E-state index in [0.717, 1.165) is 12.8 Å². The zero-order valence-corrected chi connectivity index (χ0v) is 15.7. The lowest BCUT2D eigenvalue weighted by molar-refractivity contribution is -0.120. The van der Waals surface area contributed by atoms with E-state index in [0.29, 0.717) is 12.8 Å². The van der Waals surface area contributed by atoms with E-state index < -0.39 is 6.10 Å². The predicted molar refractivity (Wildman–Crippen MR) is 114 cm³/mol. The maximum Gasteiger partial charge on any atom is 0.133 e. The molecule has 2 atom stereocenters. The highest BCUT2D eigenvalue weighted by Crippen LogP contribution is 2.36. The number of aliphatic hydroxyl groups is 1. The second-order valence-corrected chi connectivity index (χ2v) is 7.68. The van der Waals surface area contributed by atoms with Crippen molar-refractivity contribution in [3.63, 3.8) is 0 Å². The number of rotatable bonds is 7. The molecule has 0 saturated carbocycles. The SMILES string of the molecule is [2H]C[C@H](CC(=O)CCCc1ccc2ccc3cccc4ccc1c2c34)[C@H](C)O. The molecule has 0 aliphatic carbocycles. The third-order valence-corrected chi connectivity index (χ3v) is 5.69. The number of aryl methyl sites for hydroxylation is 1. The van der Waals surface area contributed by atoms with Crippen molar-refractivity contribution in [2.75, 3.05) is 0 Å². The number of hydrogen-bond acceptors (Lipinski definition) is 2. The van der Waals surface area contributed by atoms with Gasteiger partial charge in [-0.1, -0.05) is 61.5 Å². The second-order valence-electron chi connectivity index (χ2n) is 7.68. The molecule has 2 nitrogen and oxygen atoms in total. The van der Waals surface area contributed by atoms with E-state index in [1.165, 1.54) is 37.9 Å². The van der Waals surface area contributed by atoms with Crippen LogP contribution in [0.2, 0.25) is 0 Å². The molecular weight excluding hydrogens is 332 g/mol. The monoisotopic (exact) mass is 359 g/mol. The summed E-state index contributed by atoms with van der Waals surface area (Å²) < 4.78 is 7.48. The Morgan fingerprint density at radius 2 is 1.67 bits per heavy atom. The van der Waals surface area contributed by atoms with Gasteiger partial charge in [0.05, 0.1) is 6.10 Å². The van der Waals surface area contributed by atoms with E-state index in [1.807, 2.05) is 0 Å². The molecule has 4 rings (SSSR count). The van der Waals surface area contributed by atoms with Crippen molar-refractivity contribution in [3.8, 4) is 0 Å². The number of ketones is 1. The van der Waals surface area contributed by atoms with E-state index >= 15 is 0 Å². The lowest BCUT2D eigenvalue weighted by Gasteiger charge is -2.15. The normalized spacial score (nSPS) is 14.7. The smallest absolute Gasteiger partial charge is 0.133 e. The number of benzene rings is 4. The van der Waals surface area contributed by atoms with Gasteiger partial charge in [-0.2, -0.15) is 0 Å². The molecule has 2 heteroatoms. The van der Waals surface area contributed by atoms with Crippen LogP contribution in [0.25, 0.3) is 32.3 Å². The number of carbonyl (C=O) groups is 1. The van der Waals surface area contributed by atoms with Gasteiger partial charge in [0.2, 0.25) is 0 Å². The summed E-state index contributed by atoms with van der Waals surface area (Å²) in [6, 6.07) is 19.6. The molecule has 0 aliphatic rings. The summed E-state index contributed by atoms with van der Waals surface area (Å²) in [7, 11) is 0. The molecule has 4 aromatic rings. The summed E-state index contributed by atoms with van der Waals surface area (Å²) in [5.41, 5.74) is 1.28. The quantitative estimate of drug-likeness (QED) is 0.418. The highest BCUT2D eigenvalue weighted by atomic mass is 16.3. The summed E-state index contributed by atoms with van der Waals surface area (Å²) >= 11 is 0. The van der Waals surface area contributed by atoms with E-state index in [-0.39, 0.29) is 18.6 Å². The first kappa shape index (κ1) is 16.7. The van der Waals surface area contributed by atoms with Crippen LogP contribution in [-0.2, 0) is 11.2 Å². The Morgan fingerprint density at radius 3 is 2.37 bits per heavy atom. The highest BCUT2D eigenvalue weighted by Gasteiger charge is 2.14. The Balaban J connectivity index is 1.55. The predicted octanol–water partition coefficient (Wildman–Crippen LogP) is 5.88. The van der Waals surface area contributed by atoms with Gasteiger partial charge < -0.3 is 5.11 Å². The van der Waals surface area contributed by atoms with Gasteiger partial charge in [-0.05, 0) is 63.6 Å². The van der Waals surface area contributed by atoms with E-state index in [9.17, 15) is 9.90 Å². The fourth-order valence-corrected chi connectivity index (χ4v) is 4.05. The fraction of sp³-hybridized carbons (Fsp3) is 0.320. The van der Waals surface area contributed by atoms with Crippen LogP contribution in [0.5, 0.6) is 0 Å². The minimum absolute atomic E-state index is 0.0957. The van der Waals surface area contributed by atoms with Crippen molar-refractivity contribution < 1.29 is 11.3 Å². The molecule has 0 fully saturated rings. The molecule has 0 unspecified atom stereocenters. The average Bonchev–Trinajstić information content (AvgIpc) is 2.70. The van der Waals surface area contributed by atoms with Gasteiger partial charge >= 0.3 is 0 Å². The van der Waals surface area contributed by atoms with Gasteiger partial charge in [0.25, 0.3) is 0 Å². The minimum atomic E-state index is -0.598. The highest BCUT2D eigenvalue weighted by molar-refractivity contribution is 6.23. The molecule has 138 valence electrons. The van der Waals surface area contributed by atoms with Crippen LogP contribution in [0.4, 0.5) is 0 Å². The van der Waals surface area contributed by atoms with Crippen molar-refractivity contribution in [2.45, 2.75) is 45.6 Å². The largest absolute Gasteiger partial charge is 0.393 e. The minimum Gasteiger partial charge on any atom is -0.393 e. The Morgan fingerprint density at radius 1 is 1.00 bits per heavy atom. The van der Waals surface area contributed by atoms with Gasteiger partial charge in [0.15, 0.2) is 0 Å². The van der Waals surface area contributed by atoms with Crippen LogP contribution < -0.4 is 0 Å². The fourth-order valence-electron chi connectivity index (χ4n) is 4.05. The van der Waals surface area contributed by atoms with Crippen molar-refractivity contribution >= 4 is 38.1 Å². The van der Waals surface area contributed by atoms with E-state index in [4.69, 9.17) is 1.37 Å². The number of aliphatic hydroxyl groups excluding tert-OH is 1. The standard InChI is InChI=1S/C25H26O2/c1-16(17(2)26)15-22(27)8-4-5-18-9-10-21-12-11-19-6-3-7-20-13-14-23(18)25(21)24(19)20/h3,6-7,9-14,16-17,26H,4-5,8,15H2,1-2H3/t16-,17+/m1/s1/i1D. The van der Waals surface area contributed by atoms with Gasteiger partial charge in [-0.15, -0.1) is 0 Å². The average molecular weight is 359 g/mol. The summed E-state index contributed by atoms with van der Waals surface area (Å²) in [6.45, 7) is 1.76. The van der Waals surface area contributed by atoms with Crippen molar-refractivity contribution in [1.82, 2.24) is 0 Å². The van der Waals surface area contributed by atoms with Crippen LogP contribution in [0.15, 0.2) is 54.6 Å². The number of carbonyl (C=O) groups excluding carboxylic acids is 1. The molecule has 0 aromatic heterocycles. The summed E-state index contributed by atoms with van der Waals surface area (Å²) in [4.78, 5) is 12.2. The van der Waals surface area contributed by atoms with Crippen LogP contribution >= 0.6 is 0 Å². The first-order chi connectivity index (χ1) is 13.6. The maximum atomic E-state index is 12.2. The summed E-state index contributed by atoms with van der Waals surface area (Å²) in [5, 5.41) is 17.4. The third kappa shape index (κ3) is 3.42. The topological polar surface area (TPSA) is 37.3 Å². The Kier molecular flexibility index (Phi) is 4.51. The molecule has 0 amide bonds. The Hall–Kier alpha value is -2.45. The molecule has 0 radical (unpaired) electrons. The lowest BCUT2D eigenvalue weighted by atomic mass is 9.90. The maximum absolute atomic E-state index is 12.2. The van der Waals surface area contributed by atoms with Gasteiger partial charge in [0, 0.05) is 14.2 Å². The van der Waals surface area contributed by atoms with Crippen LogP contribution in [0.3, 0.4) is 0 Å². The van der Waals surface area contributed by atoms with Crippen LogP contribution in [-0.4, -0.2) is 17.0 Å². The molecule has 0 bridgehead atoms. The molecule has 27 heavy (non-hydrogen) atoms. The van der Waals surface area contributed by atoms with Crippen molar-refractivity contribution in [1.29, 1.82) is 0 Å². The summed E-state index contributed by atoms with van der Waals surface area (Å²) in [5.74, 6) is -0.0992. The zero-order chi connectivity index (χ0) is 19.7. The van der Waals surface area contributed by atoms with E-state index in [2.05, 4.69) is 54.6 Å². The Bertz CT molecular complexity index is 1100. The molecule has 0 heterocycles. The first-order valence-corrected chi connectivity index (χ1v) is 9.73. The number of hydrogen-bond donors (Lipinski definition) is 1. The second kappa shape index (κ2) is 7.28. The van der Waals surface area contributed by atoms with Crippen molar-refractivity contribution in [3.05, 3.63) is 60.2 Å². The molecule has 4 aromatic carbocycles. The molecule has 0 aliphatic heterocycles. The molecule has 1 N–H and O–H groups in total. The van der Waals surface area contributed by atoms with Crippen LogP contribution in [0.1, 0.15) is 40.0 Å². The molecular formula is C25H26O2. The van der Waals surface area contributed by atoms with Crippen LogP contribution in [0, 0.1) is 5.92 Å². The lowest BCUT2D eigenvalue weighted by Crippen LogP contribution is -2.17. The Labute approximate surface area is 161 Å². The van der Waals surface area contributed by atoms with Gasteiger partial charge in [-0.3, -0.25) is 4.79 Å². The zero-order valence-electron chi connectivity index (χ0n) is 16.7. The first-order valence-electron chi connectivity index (χ1n) is 10.4. The van der Waals surface area contributed by atoms with E-state index in [1.54, 1.807) is 6.92 Å². The van der Waals surface area contributed by atoms with Gasteiger partial charge in [0.1, 0.15) is 5.78 Å². The number of Topliss-reactive ketones (excluding diaryl/α,β-unsaturated/α-hetero) is 1. The molecule has 0 saturated heterocycles. The van der Waals surface area contributed by atoms with Gasteiger partial charge in [-0.25, -0.2) is 0 Å². The molecule has 0 spiro atoms. The summed E-state index contributed by atoms with van der Waals surface area (Å²) in [6.07, 6.45) is 1.87. The van der Waals surface area contributed by atoms with Crippen molar-refractivity contribution in [2.24, 2.45) is 5.92 Å². The third-order valence-electron chi connectivity index (χ3n) is 5.69.